The molecule has 0 radical (unpaired) electrons. The van der Waals surface area contributed by atoms with E-state index in [0.29, 0.717) is 30.0 Å². The third-order valence-corrected chi connectivity index (χ3v) is 5.53. The van der Waals surface area contributed by atoms with Gasteiger partial charge >= 0.3 is 0 Å². The highest BCUT2D eigenvalue weighted by Crippen LogP contribution is 2.21. The minimum atomic E-state index is -0.171. The van der Waals surface area contributed by atoms with Crippen LogP contribution in [0.3, 0.4) is 0 Å². The Bertz CT molecular complexity index is 1020. The fraction of sp³-hybridized carbons (Fsp3) is 0.318. The number of piperazine rings is 1. The summed E-state index contributed by atoms with van der Waals surface area (Å²) in [5, 5.41) is 0.541. The molecule has 3 aromatic rings. The maximum absolute atomic E-state index is 12.7. The lowest BCUT2D eigenvalue weighted by atomic mass is 10.1. The van der Waals surface area contributed by atoms with Crippen LogP contribution in [0.25, 0.3) is 10.9 Å². The molecular weight excluding hydrogens is 352 g/mol. The lowest BCUT2D eigenvalue weighted by molar-refractivity contribution is -0.134. The second-order valence-electron chi connectivity index (χ2n) is 7.20. The van der Waals surface area contributed by atoms with Gasteiger partial charge in [0, 0.05) is 32.2 Å². The van der Waals surface area contributed by atoms with E-state index < -0.39 is 0 Å². The number of nitrogens with zero attached hydrogens (tertiary/aromatic N) is 4. The van der Waals surface area contributed by atoms with Crippen LogP contribution < -0.4 is 5.56 Å². The summed E-state index contributed by atoms with van der Waals surface area (Å²) in [6.07, 6.45) is 1.47. The maximum Gasteiger partial charge on any atom is 0.261 e. The highest BCUT2D eigenvalue weighted by molar-refractivity contribution is 5.79. The quantitative estimate of drug-likeness (QED) is 0.701. The lowest BCUT2D eigenvalue weighted by Crippen LogP contribution is -2.50. The van der Waals surface area contributed by atoms with Crippen molar-refractivity contribution < 1.29 is 4.79 Å². The van der Waals surface area contributed by atoms with Crippen LogP contribution in [0, 0.1) is 0 Å². The summed E-state index contributed by atoms with van der Waals surface area (Å²) in [7, 11) is 0. The van der Waals surface area contributed by atoms with E-state index in [0.717, 1.165) is 13.1 Å². The smallest absolute Gasteiger partial charge is 0.261 e. The molecule has 28 heavy (non-hydrogen) atoms. The van der Waals surface area contributed by atoms with Crippen LogP contribution in [-0.4, -0.2) is 51.4 Å². The number of benzene rings is 2. The third kappa shape index (κ3) is 3.68. The van der Waals surface area contributed by atoms with Crippen molar-refractivity contribution in [3.05, 3.63) is 76.8 Å². The molecule has 1 fully saturated rings. The number of hydrogen-bond donors (Lipinski definition) is 0. The van der Waals surface area contributed by atoms with Gasteiger partial charge in [-0.05, 0) is 24.6 Å². The normalized spacial score (nSPS) is 16.2. The van der Waals surface area contributed by atoms with Gasteiger partial charge in [0.2, 0.25) is 5.91 Å². The molecule has 1 aliphatic rings. The largest absolute Gasteiger partial charge is 0.339 e. The van der Waals surface area contributed by atoms with Crippen molar-refractivity contribution in [3.63, 3.8) is 0 Å². The molecule has 2 heterocycles. The van der Waals surface area contributed by atoms with Crippen LogP contribution in [0.15, 0.2) is 65.7 Å². The molecule has 4 rings (SSSR count). The zero-order chi connectivity index (χ0) is 19.5. The van der Waals surface area contributed by atoms with Crippen molar-refractivity contribution in [1.82, 2.24) is 19.4 Å². The number of amides is 1. The van der Waals surface area contributed by atoms with Gasteiger partial charge in [0.05, 0.1) is 17.2 Å². The van der Waals surface area contributed by atoms with Crippen LogP contribution in [-0.2, 0) is 11.3 Å². The minimum Gasteiger partial charge on any atom is -0.339 e. The Balaban J connectivity index is 1.39. The van der Waals surface area contributed by atoms with Gasteiger partial charge in [0.25, 0.3) is 5.56 Å². The molecule has 1 amide bonds. The summed E-state index contributed by atoms with van der Waals surface area (Å²) >= 11 is 0. The molecule has 1 saturated heterocycles. The zero-order valence-corrected chi connectivity index (χ0v) is 16.0. The first-order valence-electron chi connectivity index (χ1n) is 9.64. The Labute approximate surface area is 164 Å². The van der Waals surface area contributed by atoms with E-state index in [1.807, 2.05) is 23.1 Å². The highest BCUT2D eigenvalue weighted by atomic mass is 16.2. The van der Waals surface area contributed by atoms with Crippen molar-refractivity contribution in [3.8, 4) is 0 Å². The Kier molecular flexibility index (Phi) is 5.21. The minimum absolute atomic E-state index is 0.0326. The predicted molar refractivity (Wildman–Crippen MR) is 109 cm³/mol. The maximum atomic E-state index is 12.7. The number of para-hydroxylation sites is 1. The van der Waals surface area contributed by atoms with Gasteiger partial charge in [0.1, 0.15) is 6.54 Å². The monoisotopic (exact) mass is 376 g/mol. The highest BCUT2D eigenvalue weighted by Gasteiger charge is 2.25. The number of rotatable bonds is 4. The first kappa shape index (κ1) is 18.4. The number of hydrogen-bond acceptors (Lipinski definition) is 4. The van der Waals surface area contributed by atoms with Crippen LogP contribution in [0.2, 0.25) is 0 Å². The average Bonchev–Trinajstić information content (AvgIpc) is 2.76. The van der Waals surface area contributed by atoms with Crippen LogP contribution >= 0.6 is 0 Å². The van der Waals surface area contributed by atoms with Gasteiger partial charge in [0.15, 0.2) is 0 Å². The molecule has 1 aromatic heterocycles. The van der Waals surface area contributed by atoms with Crippen molar-refractivity contribution in [1.29, 1.82) is 0 Å². The van der Waals surface area contributed by atoms with Gasteiger partial charge in [-0.1, -0.05) is 42.5 Å². The zero-order valence-electron chi connectivity index (χ0n) is 16.0. The van der Waals surface area contributed by atoms with E-state index in [1.54, 1.807) is 12.1 Å². The number of carbonyl (C=O) groups excluding carboxylic acids is 1. The number of fused-ring (bicyclic) bond motifs is 1. The van der Waals surface area contributed by atoms with Crippen LogP contribution in [0.1, 0.15) is 18.5 Å². The lowest BCUT2D eigenvalue weighted by Gasteiger charge is -2.38. The molecule has 144 valence electrons. The topological polar surface area (TPSA) is 58.4 Å². The van der Waals surface area contributed by atoms with Gasteiger partial charge in [-0.2, -0.15) is 0 Å². The van der Waals surface area contributed by atoms with Gasteiger partial charge in [-0.15, -0.1) is 0 Å². The fourth-order valence-corrected chi connectivity index (χ4v) is 3.77. The summed E-state index contributed by atoms with van der Waals surface area (Å²) in [6, 6.07) is 17.9. The number of aromatic nitrogens is 2. The van der Waals surface area contributed by atoms with E-state index >= 15 is 0 Å². The Morgan fingerprint density at radius 1 is 1.00 bits per heavy atom. The van der Waals surface area contributed by atoms with Crippen molar-refractivity contribution in [2.75, 3.05) is 26.2 Å². The van der Waals surface area contributed by atoms with E-state index in [9.17, 15) is 9.59 Å². The summed E-state index contributed by atoms with van der Waals surface area (Å²) in [6.45, 7) is 5.23. The fourth-order valence-electron chi connectivity index (χ4n) is 3.77. The van der Waals surface area contributed by atoms with E-state index in [1.165, 1.54) is 16.5 Å². The van der Waals surface area contributed by atoms with Crippen LogP contribution in [0.5, 0.6) is 0 Å². The Hall–Kier alpha value is -2.99. The molecule has 1 atom stereocenters. The first-order chi connectivity index (χ1) is 13.6. The first-order valence-corrected chi connectivity index (χ1v) is 9.64. The molecule has 0 bridgehead atoms. The molecule has 2 aromatic carbocycles. The number of carbonyl (C=O) groups is 1. The molecule has 0 aliphatic carbocycles. The molecule has 0 saturated carbocycles. The van der Waals surface area contributed by atoms with Gasteiger partial charge in [-0.25, -0.2) is 4.98 Å². The molecule has 0 spiro atoms. The Morgan fingerprint density at radius 3 is 2.43 bits per heavy atom. The van der Waals surface area contributed by atoms with Gasteiger partial charge in [-0.3, -0.25) is 19.1 Å². The van der Waals surface area contributed by atoms with Crippen molar-refractivity contribution in [2.45, 2.75) is 19.5 Å². The van der Waals surface area contributed by atoms with Crippen molar-refractivity contribution >= 4 is 16.8 Å². The summed E-state index contributed by atoms with van der Waals surface area (Å²) in [5.74, 6) is -0.0359. The predicted octanol–water partition coefficient (Wildman–Crippen LogP) is 2.30. The molecule has 1 aliphatic heterocycles. The average molecular weight is 376 g/mol. The van der Waals surface area contributed by atoms with E-state index in [4.69, 9.17) is 0 Å². The second-order valence-corrected chi connectivity index (χ2v) is 7.20. The molecule has 6 heteroatoms. The third-order valence-electron chi connectivity index (χ3n) is 5.53. The van der Waals surface area contributed by atoms with E-state index in [2.05, 4.69) is 41.1 Å². The van der Waals surface area contributed by atoms with E-state index in [-0.39, 0.29) is 18.0 Å². The van der Waals surface area contributed by atoms with Crippen LogP contribution in [0.4, 0.5) is 0 Å². The molecule has 0 N–H and O–H groups in total. The standard InChI is InChI=1S/C22H24N4O2/c1-17(18-7-3-2-4-8-18)24-11-13-25(14-12-24)21(27)15-26-16-23-20-10-6-5-9-19(20)22(26)28/h2-10,16-17H,11-15H2,1H3/t17-/m0/s1. The SMILES string of the molecule is C[C@@H](c1ccccc1)N1CCN(C(=O)Cn2cnc3ccccc3c2=O)CC1. The Morgan fingerprint density at radius 2 is 1.68 bits per heavy atom. The van der Waals surface area contributed by atoms with Gasteiger partial charge < -0.3 is 4.90 Å². The summed E-state index contributed by atoms with van der Waals surface area (Å²) < 4.78 is 1.41. The molecule has 6 nitrogen and oxygen atoms in total. The summed E-state index contributed by atoms with van der Waals surface area (Å²) in [5.41, 5.74) is 1.77. The second kappa shape index (κ2) is 7.94. The molecule has 0 unspecified atom stereocenters. The summed E-state index contributed by atoms with van der Waals surface area (Å²) in [4.78, 5) is 33.8. The molecular formula is C22H24N4O2. The van der Waals surface area contributed by atoms with Crippen molar-refractivity contribution in [2.24, 2.45) is 0 Å².